The smallest absolute Gasteiger partial charge is 0.344 e. The molecule has 0 bridgehead atoms. The molecule has 0 radical (unpaired) electrons. The molecule has 0 aliphatic heterocycles. The molecule has 11 heteroatoms. The minimum absolute atomic E-state index is 0.339. The van der Waals surface area contributed by atoms with Crippen LogP contribution >= 0.6 is 15.9 Å². The van der Waals surface area contributed by atoms with Crippen molar-refractivity contribution in [2.75, 3.05) is 39.4 Å². The summed E-state index contributed by atoms with van der Waals surface area (Å²) in [6, 6.07) is 22.8. The van der Waals surface area contributed by atoms with Crippen LogP contribution in [0.15, 0.2) is 72.8 Å². The Morgan fingerprint density at radius 1 is 0.638 bits per heavy atom. The van der Waals surface area contributed by atoms with Crippen LogP contribution in [0.2, 0.25) is 0 Å². The molecule has 2 unspecified atom stereocenters. The zero-order chi connectivity index (χ0) is 34.3. The molecule has 0 spiro atoms. The maximum atomic E-state index is 12.2. The van der Waals surface area contributed by atoms with Crippen LogP contribution in [-0.2, 0) is 33.4 Å². The minimum Gasteiger partial charge on any atom is -0.497 e. The second-order valence-electron chi connectivity index (χ2n) is 10.6. The van der Waals surface area contributed by atoms with Gasteiger partial charge in [0.05, 0.1) is 32.7 Å². The Hall–Kier alpha value is -4.64. The number of carbonyl (C=O) groups excluding carboxylic acids is 3. The lowest BCUT2D eigenvalue weighted by molar-refractivity contribution is -0.159. The van der Waals surface area contributed by atoms with Gasteiger partial charge in [-0.25, -0.2) is 9.59 Å². The molecule has 250 valence electrons. The van der Waals surface area contributed by atoms with E-state index in [0.29, 0.717) is 6.61 Å². The molecule has 4 aromatic rings. The lowest BCUT2D eigenvalue weighted by Crippen LogP contribution is -2.20. The second-order valence-corrected chi connectivity index (χ2v) is 11.4. The van der Waals surface area contributed by atoms with Gasteiger partial charge < -0.3 is 28.8 Å². The third-order valence-corrected chi connectivity index (χ3v) is 7.87. The number of halogens is 1. The van der Waals surface area contributed by atoms with Gasteiger partial charge in [0, 0.05) is 5.33 Å². The maximum absolute atomic E-state index is 12.2. The Morgan fingerprint density at radius 2 is 1.09 bits per heavy atom. The molecule has 10 nitrogen and oxygen atoms in total. The van der Waals surface area contributed by atoms with Crippen LogP contribution < -0.4 is 9.47 Å². The van der Waals surface area contributed by atoms with Gasteiger partial charge in [0.2, 0.25) is 0 Å². The Morgan fingerprint density at radius 3 is 1.53 bits per heavy atom. The molecule has 47 heavy (non-hydrogen) atoms. The van der Waals surface area contributed by atoms with Crippen molar-refractivity contribution >= 4 is 61.4 Å². The first-order valence-corrected chi connectivity index (χ1v) is 16.1. The van der Waals surface area contributed by atoms with Crippen LogP contribution in [0.25, 0.3) is 21.5 Å². The SMILES string of the molecule is COc1ccc2cc(C(C)C(=O)OCC(=O)O)ccc2c1.COc1ccc2cc(C(C)C(=O)OCC(=O)OCCCCBr)ccc2c1. The summed E-state index contributed by atoms with van der Waals surface area (Å²) >= 11 is 3.31. The van der Waals surface area contributed by atoms with E-state index in [1.54, 1.807) is 28.1 Å². The third-order valence-electron chi connectivity index (χ3n) is 7.31. The van der Waals surface area contributed by atoms with Crippen molar-refractivity contribution in [3.8, 4) is 11.5 Å². The predicted molar refractivity (Wildman–Crippen MR) is 181 cm³/mol. The Bertz CT molecular complexity index is 1690. The number of benzene rings is 4. The fraction of sp³-hybridized carbons (Fsp3) is 0.333. The van der Waals surface area contributed by atoms with E-state index < -0.39 is 42.3 Å². The van der Waals surface area contributed by atoms with Crippen molar-refractivity contribution in [3.63, 3.8) is 0 Å². The number of ether oxygens (including phenoxy) is 5. The van der Waals surface area contributed by atoms with Gasteiger partial charge in [0.1, 0.15) is 11.5 Å². The van der Waals surface area contributed by atoms with Gasteiger partial charge in [0.15, 0.2) is 13.2 Å². The van der Waals surface area contributed by atoms with Gasteiger partial charge in [-0.1, -0.05) is 64.5 Å². The van der Waals surface area contributed by atoms with Crippen molar-refractivity contribution in [1.29, 1.82) is 0 Å². The van der Waals surface area contributed by atoms with Gasteiger partial charge in [-0.2, -0.15) is 0 Å². The fourth-order valence-corrected chi connectivity index (χ4v) is 4.88. The van der Waals surface area contributed by atoms with Crippen LogP contribution in [0.4, 0.5) is 0 Å². The first kappa shape index (κ1) is 36.8. The molecular weight excluding hydrogens is 672 g/mol. The summed E-state index contributed by atoms with van der Waals surface area (Å²) in [7, 11) is 3.23. The monoisotopic (exact) mass is 710 g/mol. The molecule has 0 saturated heterocycles. The van der Waals surface area contributed by atoms with Crippen molar-refractivity contribution in [2.24, 2.45) is 0 Å². The molecule has 4 aromatic carbocycles. The van der Waals surface area contributed by atoms with Crippen LogP contribution in [0, 0.1) is 0 Å². The van der Waals surface area contributed by atoms with Crippen LogP contribution in [0.3, 0.4) is 0 Å². The number of rotatable bonds is 14. The van der Waals surface area contributed by atoms with Crippen LogP contribution in [0.5, 0.6) is 11.5 Å². The van der Waals surface area contributed by atoms with Crippen LogP contribution in [0.1, 0.15) is 49.7 Å². The summed E-state index contributed by atoms with van der Waals surface area (Å²) in [4.78, 5) is 46.0. The lowest BCUT2D eigenvalue weighted by atomic mass is 9.98. The molecule has 4 rings (SSSR count). The summed E-state index contributed by atoms with van der Waals surface area (Å²) in [6.07, 6.45) is 1.71. The van der Waals surface area contributed by atoms with Crippen molar-refractivity contribution in [3.05, 3.63) is 83.9 Å². The molecule has 0 fully saturated rings. The highest BCUT2D eigenvalue weighted by molar-refractivity contribution is 9.09. The highest BCUT2D eigenvalue weighted by Crippen LogP contribution is 2.27. The largest absolute Gasteiger partial charge is 0.497 e. The number of esters is 3. The topological polar surface area (TPSA) is 135 Å². The number of methoxy groups -OCH3 is 2. The Labute approximate surface area is 282 Å². The fourth-order valence-electron chi connectivity index (χ4n) is 4.49. The zero-order valence-corrected chi connectivity index (χ0v) is 28.4. The van der Waals surface area contributed by atoms with E-state index in [2.05, 4.69) is 15.9 Å². The number of hydrogen-bond acceptors (Lipinski definition) is 9. The normalized spacial score (nSPS) is 11.9. The molecule has 0 saturated carbocycles. The number of alkyl halides is 1. The maximum Gasteiger partial charge on any atom is 0.344 e. The highest BCUT2D eigenvalue weighted by Gasteiger charge is 2.20. The summed E-state index contributed by atoms with van der Waals surface area (Å²) < 4.78 is 25.2. The summed E-state index contributed by atoms with van der Waals surface area (Å²) in [5.41, 5.74) is 1.61. The number of carboxylic acids is 1. The summed E-state index contributed by atoms with van der Waals surface area (Å²) in [5, 5.41) is 13.4. The second kappa shape index (κ2) is 18.5. The predicted octanol–water partition coefficient (Wildman–Crippen LogP) is 6.79. The van der Waals surface area contributed by atoms with Crippen molar-refractivity contribution in [2.45, 2.75) is 38.5 Å². The van der Waals surface area contributed by atoms with Crippen molar-refractivity contribution in [1.82, 2.24) is 0 Å². The molecule has 0 aromatic heterocycles. The van der Waals surface area contributed by atoms with E-state index in [1.807, 2.05) is 72.8 Å². The van der Waals surface area contributed by atoms with E-state index in [-0.39, 0.29) is 6.61 Å². The third kappa shape index (κ3) is 11.3. The number of unbranched alkanes of at least 4 members (excludes halogenated alkanes) is 1. The molecular formula is C36H39BrO10. The first-order valence-electron chi connectivity index (χ1n) is 15.0. The number of aliphatic carboxylic acids is 1. The lowest BCUT2D eigenvalue weighted by Gasteiger charge is -2.13. The van der Waals surface area contributed by atoms with Gasteiger partial charge in [0.25, 0.3) is 0 Å². The van der Waals surface area contributed by atoms with Gasteiger partial charge in [-0.3, -0.25) is 9.59 Å². The highest BCUT2D eigenvalue weighted by atomic mass is 79.9. The standard InChI is InChI=1S/C20H23BrO5.C16H16O5/c1-14(20(23)26-13-19(22)25-10-4-3-9-21)15-5-6-17-12-18(24-2)8-7-16(17)11-15;1-10(16(19)21-9-15(17)18)11-3-4-13-8-14(20-2)6-5-12(13)7-11/h5-8,11-12,14H,3-4,9-10,13H2,1-2H3;3-8,10H,9H2,1-2H3,(H,17,18). The number of carboxylic acid groups (broad SMARTS) is 1. The van der Waals surface area contributed by atoms with Crippen molar-refractivity contribution < 1.29 is 48.0 Å². The average molecular weight is 712 g/mol. The molecule has 0 aliphatic rings. The van der Waals surface area contributed by atoms with E-state index in [0.717, 1.165) is 62.3 Å². The molecule has 0 heterocycles. The van der Waals surface area contributed by atoms with Crippen LogP contribution in [-0.4, -0.2) is 68.4 Å². The summed E-state index contributed by atoms with van der Waals surface area (Å²) in [6.45, 7) is 2.81. The Balaban J connectivity index is 0.000000261. The summed E-state index contributed by atoms with van der Waals surface area (Å²) in [5.74, 6) is -2.12. The molecule has 0 aliphatic carbocycles. The minimum atomic E-state index is -1.17. The zero-order valence-electron chi connectivity index (χ0n) is 26.8. The van der Waals surface area contributed by atoms with Gasteiger partial charge in [-0.15, -0.1) is 0 Å². The van der Waals surface area contributed by atoms with E-state index in [4.69, 9.17) is 28.8 Å². The Kier molecular flexibility index (Phi) is 14.5. The number of carbonyl (C=O) groups is 4. The van der Waals surface area contributed by atoms with Gasteiger partial charge in [-0.05, 0) is 83.6 Å². The number of hydrogen-bond donors (Lipinski definition) is 1. The molecule has 1 N–H and O–H groups in total. The molecule has 2 atom stereocenters. The first-order chi connectivity index (χ1) is 22.6. The molecule has 0 amide bonds. The van der Waals surface area contributed by atoms with Gasteiger partial charge >= 0.3 is 23.9 Å². The number of fused-ring (bicyclic) bond motifs is 2. The quantitative estimate of drug-likeness (QED) is 0.0645. The average Bonchev–Trinajstić information content (AvgIpc) is 3.09. The van der Waals surface area contributed by atoms with E-state index >= 15 is 0 Å². The van der Waals surface area contributed by atoms with E-state index in [9.17, 15) is 19.2 Å². The van der Waals surface area contributed by atoms with E-state index in [1.165, 1.54) is 0 Å².